The highest BCUT2D eigenvalue weighted by molar-refractivity contribution is 6.58. The van der Waals surface area contributed by atoms with E-state index in [-0.39, 0.29) is 24.2 Å². The Hall–Kier alpha value is -2.63. The summed E-state index contributed by atoms with van der Waals surface area (Å²) in [5.74, 6) is 0. The van der Waals surface area contributed by atoms with Crippen molar-refractivity contribution in [3.05, 3.63) is 48.8 Å². The summed E-state index contributed by atoms with van der Waals surface area (Å²) in [6, 6.07) is 3.92. The summed E-state index contributed by atoms with van der Waals surface area (Å²) in [5, 5.41) is 22.2. The van der Waals surface area contributed by atoms with Gasteiger partial charge in [0.15, 0.2) is 0 Å². The maximum absolute atomic E-state index is 12.4. The van der Waals surface area contributed by atoms with Gasteiger partial charge in [-0.15, -0.1) is 0 Å². The van der Waals surface area contributed by atoms with Crippen molar-refractivity contribution in [2.24, 2.45) is 6.98 Å². The molecule has 0 aromatic carbocycles. The fraction of sp³-hybridized carbons (Fsp3) is 0.312. The highest BCUT2D eigenvalue weighted by Crippen LogP contribution is 2.24. The summed E-state index contributed by atoms with van der Waals surface area (Å²) in [7, 11) is -1.69. The summed E-state index contributed by atoms with van der Waals surface area (Å²) >= 11 is 0. The van der Waals surface area contributed by atoms with Gasteiger partial charge in [-0.2, -0.15) is 13.9 Å². The molecule has 0 saturated carbocycles. The van der Waals surface area contributed by atoms with E-state index in [1.54, 1.807) is 10.8 Å². The van der Waals surface area contributed by atoms with Crippen molar-refractivity contribution in [1.29, 1.82) is 0 Å². The van der Waals surface area contributed by atoms with Crippen molar-refractivity contribution < 1.29 is 27.7 Å². The molecule has 0 radical (unpaired) electrons. The summed E-state index contributed by atoms with van der Waals surface area (Å²) in [4.78, 5) is 8.41. The second kappa shape index (κ2) is 8.38. The maximum atomic E-state index is 12.4. The van der Waals surface area contributed by atoms with E-state index in [2.05, 4.69) is 19.8 Å². The molecule has 3 aromatic heterocycles. The molecule has 0 amide bonds. The average Bonchev–Trinajstić information content (AvgIpc) is 3.34. The summed E-state index contributed by atoms with van der Waals surface area (Å²) in [6.07, 6.45) is 5.71. The van der Waals surface area contributed by atoms with Crippen LogP contribution in [0.4, 0.5) is 8.78 Å². The second-order valence-corrected chi connectivity index (χ2v) is 5.66. The molecule has 8 nitrogen and oxygen atoms in total. The summed E-state index contributed by atoms with van der Waals surface area (Å²) in [5.41, 5.74) is 1.22. The molecule has 11 heteroatoms. The van der Waals surface area contributed by atoms with Crippen molar-refractivity contribution >= 4 is 12.6 Å². The number of rotatable bonds is 8. The first kappa shape index (κ1) is 15.4. The maximum Gasteiger partial charge on any atom is 0.490 e. The molecule has 3 heterocycles. The van der Waals surface area contributed by atoms with E-state index in [9.17, 15) is 18.8 Å². The minimum Gasteiger partial charge on any atom is -0.423 e. The van der Waals surface area contributed by atoms with Crippen LogP contribution in [0.15, 0.2) is 43.1 Å². The Bertz CT molecular complexity index is 966. The average molecular weight is 380 g/mol. The number of imidazole rings is 1. The molecule has 0 aliphatic heterocycles. The lowest BCUT2D eigenvalue weighted by Crippen LogP contribution is -2.30. The Morgan fingerprint density at radius 3 is 2.81 bits per heavy atom. The van der Waals surface area contributed by atoms with Gasteiger partial charge in [-0.05, 0) is 18.6 Å². The van der Waals surface area contributed by atoms with E-state index in [0.717, 1.165) is 4.68 Å². The van der Waals surface area contributed by atoms with Gasteiger partial charge in [0.1, 0.15) is 5.69 Å². The number of halogens is 2. The predicted octanol–water partition coefficient (Wildman–Crippen LogP) is 0.577. The quantitative estimate of drug-likeness (QED) is 0.555. The molecule has 1 unspecified atom stereocenters. The van der Waals surface area contributed by atoms with Gasteiger partial charge in [-0.3, -0.25) is 9.67 Å². The van der Waals surface area contributed by atoms with Gasteiger partial charge >= 0.3 is 13.7 Å². The third kappa shape index (κ3) is 4.56. The van der Waals surface area contributed by atoms with E-state index in [4.69, 9.17) is 4.11 Å². The topological polar surface area (TPSA) is 98.2 Å². The van der Waals surface area contributed by atoms with Crippen LogP contribution in [0.2, 0.25) is 0 Å². The van der Waals surface area contributed by atoms with Gasteiger partial charge in [-0.25, -0.2) is 4.98 Å². The van der Waals surface area contributed by atoms with Crippen LogP contribution in [0.1, 0.15) is 22.3 Å². The fourth-order valence-electron chi connectivity index (χ4n) is 2.62. The number of nitrogens with zero attached hydrogens (tertiary/aromatic N) is 5. The molecule has 0 spiro atoms. The largest absolute Gasteiger partial charge is 0.490 e. The third-order valence-electron chi connectivity index (χ3n) is 3.95. The Kier molecular flexibility index (Phi) is 4.79. The lowest BCUT2D eigenvalue weighted by molar-refractivity contribution is -0.130. The Morgan fingerprint density at radius 1 is 1.30 bits per heavy atom. The van der Waals surface area contributed by atoms with Crippen LogP contribution in [-0.4, -0.2) is 54.7 Å². The molecule has 0 fully saturated rings. The number of alkyl halides is 2. The molecular weight excluding hydrogens is 359 g/mol. The smallest absolute Gasteiger partial charge is 0.423 e. The number of pyridine rings is 1. The van der Waals surface area contributed by atoms with Crippen molar-refractivity contribution in [2.45, 2.75) is 19.1 Å². The highest BCUT2D eigenvalue weighted by Gasteiger charge is 2.19. The Balaban J connectivity index is 1.92. The zero-order valence-electron chi connectivity index (χ0n) is 17.0. The van der Waals surface area contributed by atoms with Crippen LogP contribution in [0.25, 0.3) is 11.4 Å². The van der Waals surface area contributed by atoms with Crippen LogP contribution in [0.5, 0.6) is 0 Å². The molecule has 1 atom stereocenters. The first-order valence-corrected chi connectivity index (χ1v) is 7.97. The second-order valence-electron chi connectivity index (χ2n) is 5.66. The minimum absolute atomic E-state index is 0.118. The molecule has 0 bridgehead atoms. The summed E-state index contributed by atoms with van der Waals surface area (Å²) in [6.45, 7) is -5.68. The van der Waals surface area contributed by atoms with Gasteiger partial charge < -0.3 is 19.4 Å². The number of hydrogen-bond acceptors (Lipinski definition) is 6. The van der Waals surface area contributed by atoms with Crippen LogP contribution in [0.3, 0.4) is 0 Å². The summed E-state index contributed by atoms with van der Waals surface area (Å²) < 4.78 is 54.3. The number of aromatic nitrogens is 5. The molecule has 2 N–H and O–H groups in total. The zero-order valence-corrected chi connectivity index (χ0v) is 14.0. The van der Waals surface area contributed by atoms with Crippen LogP contribution in [0, 0.1) is 0 Å². The lowest BCUT2D eigenvalue weighted by Gasteiger charge is -2.18. The first-order chi connectivity index (χ1) is 14.2. The minimum atomic E-state index is -2.92. The highest BCUT2D eigenvalue weighted by atomic mass is 19.3. The zero-order chi connectivity index (χ0) is 21.9. The van der Waals surface area contributed by atoms with Gasteiger partial charge in [0.05, 0.1) is 30.4 Å². The number of hydrogen-bond donors (Lipinski definition) is 2. The van der Waals surface area contributed by atoms with Crippen molar-refractivity contribution in [1.82, 2.24) is 24.3 Å². The van der Waals surface area contributed by atoms with E-state index < -0.39 is 26.7 Å². The first-order valence-electron chi connectivity index (χ1n) is 9.47. The van der Waals surface area contributed by atoms with Crippen molar-refractivity contribution in [3.8, 4) is 11.4 Å². The predicted molar refractivity (Wildman–Crippen MR) is 93.2 cm³/mol. The van der Waals surface area contributed by atoms with Gasteiger partial charge in [0.2, 0.25) is 0 Å². The Labute approximate surface area is 158 Å². The van der Waals surface area contributed by atoms with Crippen LogP contribution < -0.4 is 5.46 Å². The van der Waals surface area contributed by atoms with Crippen molar-refractivity contribution in [3.63, 3.8) is 0 Å². The molecule has 27 heavy (non-hydrogen) atoms. The van der Waals surface area contributed by atoms with Gasteiger partial charge in [0.25, 0.3) is 0 Å². The molecule has 0 aliphatic rings. The van der Waals surface area contributed by atoms with Crippen LogP contribution >= 0.6 is 0 Å². The van der Waals surface area contributed by atoms with Crippen molar-refractivity contribution in [2.75, 3.05) is 6.61 Å². The fourth-order valence-corrected chi connectivity index (χ4v) is 2.62. The molecule has 0 saturated heterocycles. The molecule has 0 aliphatic carbocycles. The van der Waals surface area contributed by atoms with E-state index in [1.807, 2.05) is 0 Å². The lowest BCUT2D eigenvalue weighted by atomic mass is 9.81. The van der Waals surface area contributed by atoms with Crippen LogP contribution in [-0.2, 0) is 11.7 Å². The molecule has 142 valence electrons. The molecular formula is C16H18BF2N5O3. The van der Waals surface area contributed by atoms with E-state index in [0.29, 0.717) is 11.4 Å². The van der Waals surface area contributed by atoms with Gasteiger partial charge in [-0.1, -0.05) is 6.07 Å². The molecule has 3 aromatic rings. The monoisotopic (exact) mass is 380 g/mol. The normalized spacial score (nSPS) is 14.6. The third-order valence-corrected chi connectivity index (χ3v) is 3.95. The molecule has 3 rings (SSSR count). The Morgan fingerprint density at radius 2 is 2.15 bits per heavy atom. The number of aryl methyl sites for hydroxylation is 1. The number of ether oxygens (including phenoxy) is 1. The SMILES string of the molecule is [2H]C([2H])([2H])n1nccc1-c1cn(C(CCOC(F)F)c2ccc(B(O)O)cn2)cn1. The van der Waals surface area contributed by atoms with E-state index in [1.165, 1.54) is 36.9 Å². The van der Waals surface area contributed by atoms with E-state index >= 15 is 0 Å². The standard InChI is InChI=1S/C16H18BF2N5O3/c1-23-14(4-6-22-23)13-9-24(10-21-13)15(5-7-27-16(18)19)12-3-2-11(8-20-12)17(25)26/h2-4,6,8-10,15-16,25-26H,5,7H2,1H3/i1D3. The van der Waals surface area contributed by atoms with Gasteiger partial charge in [0, 0.05) is 35.1 Å².